The van der Waals surface area contributed by atoms with E-state index in [0.717, 1.165) is 10.4 Å². The Morgan fingerprint density at radius 2 is 2.06 bits per heavy atom. The number of benzene rings is 1. The van der Waals surface area contributed by atoms with Crippen LogP contribution in [0.15, 0.2) is 30.3 Å². The van der Waals surface area contributed by atoms with Gasteiger partial charge in [-0.3, -0.25) is 10.1 Å². The molecule has 0 aliphatic rings. The summed E-state index contributed by atoms with van der Waals surface area (Å²) in [5.74, 6) is 0. The Kier molecular flexibility index (Phi) is 2.80. The van der Waals surface area contributed by atoms with Gasteiger partial charge >= 0.3 is 0 Å². The largest absolute Gasteiger partial charge is 0.393 e. The molecule has 0 aliphatic heterocycles. The van der Waals surface area contributed by atoms with E-state index in [1.807, 2.05) is 6.07 Å². The molecule has 0 unspecified atom stereocenters. The quantitative estimate of drug-likeness (QED) is 0.506. The second kappa shape index (κ2) is 4.11. The van der Waals surface area contributed by atoms with Crippen LogP contribution in [-0.4, -0.2) is 4.92 Å². The van der Waals surface area contributed by atoms with Crippen LogP contribution in [-0.2, 0) is 0 Å². The third-order valence-electron chi connectivity index (χ3n) is 2.08. The number of hydrogen-bond donors (Lipinski definition) is 1. The first-order chi connectivity index (χ1) is 7.58. The third kappa shape index (κ3) is 2.00. The average molecular weight is 255 g/mol. The van der Waals surface area contributed by atoms with Gasteiger partial charge in [-0.2, -0.15) is 0 Å². The Hall–Kier alpha value is -1.59. The number of nitrogen functional groups attached to an aromatic ring is 1. The van der Waals surface area contributed by atoms with E-state index in [1.165, 1.54) is 23.5 Å². The lowest BCUT2D eigenvalue weighted by molar-refractivity contribution is -0.383. The lowest BCUT2D eigenvalue weighted by atomic mass is 10.1. The molecule has 82 valence electrons. The summed E-state index contributed by atoms with van der Waals surface area (Å²) >= 11 is 7.17. The summed E-state index contributed by atoms with van der Waals surface area (Å²) in [5.41, 5.74) is 6.34. The van der Waals surface area contributed by atoms with Gasteiger partial charge in [0.1, 0.15) is 5.69 Å². The van der Waals surface area contributed by atoms with Gasteiger partial charge in [0, 0.05) is 10.9 Å². The molecule has 0 radical (unpaired) electrons. The maximum Gasteiger partial charge on any atom is 0.292 e. The summed E-state index contributed by atoms with van der Waals surface area (Å²) < 4.78 is 0.648. The van der Waals surface area contributed by atoms with Crippen LogP contribution in [0.25, 0.3) is 10.4 Å². The van der Waals surface area contributed by atoms with Crippen molar-refractivity contribution in [2.45, 2.75) is 0 Å². The fourth-order valence-electron chi connectivity index (χ4n) is 1.32. The molecule has 1 heterocycles. The van der Waals surface area contributed by atoms with Gasteiger partial charge in [0.15, 0.2) is 0 Å². The molecule has 0 bridgehead atoms. The third-order valence-corrected chi connectivity index (χ3v) is 3.37. The molecule has 4 nitrogen and oxygen atoms in total. The number of halogens is 1. The Morgan fingerprint density at radius 3 is 2.62 bits per heavy atom. The predicted molar refractivity (Wildman–Crippen MR) is 65.8 cm³/mol. The van der Waals surface area contributed by atoms with Gasteiger partial charge in [0.25, 0.3) is 5.69 Å². The SMILES string of the molecule is Nc1ccc(-c2ccc(Cl)s2)cc1[N+](=O)[O-]. The number of nitro benzene ring substituents is 1. The Balaban J connectivity index is 2.51. The van der Waals surface area contributed by atoms with Crippen LogP contribution >= 0.6 is 22.9 Å². The van der Waals surface area contributed by atoms with Crippen molar-refractivity contribution in [3.63, 3.8) is 0 Å². The summed E-state index contributed by atoms with van der Waals surface area (Å²) in [6, 6.07) is 8.30. The second-order valence-electron chi connectivity index (χ2n) is 3.13. The van der Waals surface area contributed by atoms with Crippen molar-refractivity contribution in [1.29, 1.82) is 0 Å². The summed E-state index contributed by atoms with van der Waals surface area (Å²) in [6.07, 6.45) is 0. The van der Waals surface area contributed by atoms with Crippen LogP contribution in [0, 0.1) is 10.1 Å². The normalized spacial score (nSPS) is 10.3. The van der Waals surface area contributed by atoms with E-state index in [2.05, 4.69) is 0 Å². The number of nitro groups is 1. The summed E-state index contributed by atoms with van der Waals surface area (Å²) in [4.78, 5) is 11.1. The van der Waals surface area contributed by atoms with Crippen LogP contribution in [0.4, 0.5) is 11.4 Å². The molecule has 2 rings (SSSR count). The zero-order valence-corrected chi connectivity index (χ0v) is 9.59. The minimum atomic E-state index is -0.492. The topological polar surface area (TPSA) is 69.2 Å². The summed E-state index contributed by atoms with van der Waals surface area (Å²) in [7, 11) is 0. The molecular formula is C10H7ClN2O2S. The van der Waals surface area contributed by atoms with Crippen LogP contribution < -0.4 is 5.73 Å². The van der Waals surface area contributed by atoms with Crippen LogP contribution in [0.5, 0.6) is 0 Å². The smallest absolute Gasteiger partial charge is 0.292 e. The zero-order chi connectivity index (χ0) is 11.7. The Bertz CT molecular complexity index is 554. The molecule has 0 fully saturated rings. The summed E-state index contributed by atoms with van der Waals surface area (Å²) in [5, 5.41) is 10.7. The molecule has 2 N–H and O–H groups in total. The fraction of sp³-hybridized carbons (Fsp3) is 0. The van der Waals surface area contributed by atoms with E-state index in [-0.39, 0.29) is 11.4 Å². The Labute approximate surface area is 100 Å². The lowest BCUT2D eigenvalue weighted by Gasteiger charge is -2.00. The van der Waals surface area contributed by atoms with Gasteiger partial charge in [0.05, 0.1) is 9.26 Å². The number of thiophene rings is 1. The highest BCUT2D eigenvalue weighted by Gasteiger charge is 2.13. The van der Waals surface area contributed by atoms with Gasteiger partial charge in [-0.1, -0.05) is 17.7 Å². The number of rotatable bonds is 2. The molecule has 0 aliphatic carbocycles. The van der Waals surface area contributed by atoms with Gasteiger partial charge < -0.3 is 5.73 Å². The van der Waals surface area contributed by atoms with Crippen LogP contribution in [0.3, 0.4) is 0 Å². The molecule has 6 heteroatoms. The van der Waals surface area contributed by atoms with Crippen LogP contribution in [0.2, 0.25) is 4.34 Å². The van der Waals surface area contributed by atoms with Gasteiger partial charge in [-0.15, -0.1) is 11.3 Å². The molecule has 0 atom stereocenters. The van der Waals surface area contributed by atoms with E-state index in [4.69, 9.17) is 17.3 Å². The zero-order valence-electron chi connectivity index (χ0n) is 8.01. The molecule has 2 aromatic rings. The van der Waals surface area contributed by atoms with E-state index in [0.29, 0.717) is 4.34 Å². The predicted octanol–water partition coefficient (Wildman–Crippen LogP) is 3.56. The van der Waals surface area contributed by atoms with Crippen molar-refractivity contribution in [3.8, 4) is 10.4 Å². The van der Waals surface area contributed by atoms with Gasteiger partial charge in [0.2, 0.25) is 0 Å². The van der Waals surface area contributed by atoms with Crippen molar-refractivity contribution in [3.05, 3.63) is 44.8 Å². The number of hydrogen-bond acceptors (Lipinski definition) is 4. The maximum atomic E-state index is 10.7. The first-order valence-corrected chi connectivity index (χ1v) is 5.57. The van der Waals surface area contributed by atoms with E-state index < -0.39 is 4.92 Å². The molecule has 0 amide bonds. The van der Waals surface area contributed by atoms with E-state index >= 15 is 0 Å². The number of anilines is 1. The standard InChI is InChI=1S/C10H7ClN2O2S/c11-10-4-3-9(16-10)6-1-2-7(12)8(5-6)13(14)15/h1-5H,12H2. The van der Waals surface area contributed by atoms with E-state index in [1.54, 1.807) is 12.1 Å². The molecular weight excluding hydrogens is 248 g/mol. The number of nitrogens with two attached hydrogens (primary N) is 1. The Morgan fingerprint density at radius 1 is 1.31 bits per heavy atom. The number of nitrogens with zero attached hydrogens (tertiary/aromatic N) is 1. The molecule has 16 heavy (non-hydrogen) atoms. The van der Waals surface area contributed by atoms with Crippen molar-refractivity contribution >= 4 is 34.3 Å². The first kappa shape index (κ1) is 10.9. The average Bonchev–Trinajstić information content (AvgIpc) is 2.65. The minimum Gasteiger partial charge on any atom is -0.393 e. The molecule has 0 saturated carbocycles. The van der Waals surface area contributed by atoms with E-state index in [9.17, 15) is 10.1 Å². The van der Waals surface area contributed by atoms with Crippen molar-refractivity contribution < 1.29 is 4.92 Å². The minimum absolute atomic E-state index is 0.0815. The highest BCUT2D eigenvalue weighted by atomic mass is 35.5. The van der Waals surface area contributed by atoms with Crippen molar-refractivity contribution in [2.75, 3.05) is 5.73 Å². The second-order valence-corrected chi connectivity index (χ2v) is 4.85. The molecule has 1 aromatic heterocycles. The summed E-state index contributed by atoms with van der Waals surface area (Å²) in [6.45, 7) is 0. The maximum absolute atomic E-state index is 10.7. The van der Waals surface area contributed by atoms with Crippen LogP contribution in [0.1, 0.15) is 0 Å². The lowest BCUT2D eigenvalue weighted by Crippen LogP contribution is -1.95. The van der Waals surface area contributed by atoms with Gasteiger partial charge in [-0.05, 0) is 23.8 Å². The first-order valence-electron chi connectivity index (χ1n) is 4.37. The van der Waals surface area contributed by atoms with Crippen molar-refractivity contribution in [1.82, 2.24) is 0 Å². The van der Waals surface area contributed by atoms with Gasteiger partial charge in [-0.25, -0.2) is 0 Å². The highest BCUT2D eigenvalue weighted by Crippen LogP contribution is 2.34. The highest BCUT2D eigenvalue weighted by molar-refractivity contribution is 7.19. The molecule has 1 aromatic carbocycles. The van der Waals surface area contributed by atoms with Crippen molar-refractivity contribution in [2.24, 2.45) is 0 Å². The monoisotopic (exact) mass is 254 g/mol. The fourth-order valence-corrected chi connectivity index (χ4v) is 2.36. The molecule has 0 spiro atoms. The molecule has 0 saturated heterocycles.